The van der Waals surface area contributed by atoms with Gasteiger partial charge in [-0.1, -0.05) is 15.9 Å². The fourth-order valence-corrected chi connectivity index (χ4v) is 4.46. The van der Waals surface area contributed by atoms with Gasteiger partial charge in [0.15, 0.2) is 5.78 Å². The Hall–Kier alpha value is -1.51. The van der Waals surface area contributed by atoms with Gasteiger partial charge in [0.1, 0.15) is 11.4 Å². The number of ether oxygens (including phenoxy) is 1. The van der Waals surface area contributed by atoms with Gasteiger partial charge in [-0.15, -0.1) is 0 Å². The van der Waals surface area contributed by atoms with Gasteiger partial charge in [-0.2, -0.15) is 5.06 Å². The lowest BCUT2D eigenvalue weighted by molar-refractivity contribution is -0.144. The molecular weight excluding hydrogens is 431 g/mol. The standard InChI is InChI=1S/C20H26BrFN2O4/c1-19(2,3)28-18(26)24-11-20(13-8-12(21)6-7-15(13)22)9-14(20)17(24)16(25)10-23(4)27-5/h6-8,14,17H,9-11H2,1-5H3/t14-,17+,20+/m0/s1. The SMILES string of the molecule is CON(C)CC(=O)[C@H]1[C@@H]2C[C@]2(c2cc(Br)ccc2F)CN1C(=O)OC(C)(C)C. The second-order valence-corrected chi connectivity index (χ2v) is 9.49. The fraction of sp³-hybridized carbons (Fsp3) is 0.600. The molecule has 0 bridgehead atoms. The zero-order chi connectivity index (χ0) is 20.9. The van der Waals surface area contributed by atoms with E-state index in [1.165, 1.54) is 23.1 Å². The summed E-state index contributed by atoms with van der Waals surface area (Å²) >= 11 is 3.39. The molecule has 0 spiro atoms. The van der Waals surface area contributed by atoms with Crippen LogP contribution in [0.2, 0.25) is 0 Å². The van der Waals surface area contributed by atoms with E-state index in [4.69, 9.17) is 9.57 Å². The maximum Gasteiger partial charge on any atom is 0.410 e. The first-order valence-electron chi connectivity index (χ1n) is 9.21. The van der Waals surface area contributed by atoms with Crippen molar-refractivity contribution in [3.05, 3.63) is 34.1 Å². The highest BCUT2D eigenvalue weighted by molar-refractivity contribution is 9.10. The Morgan fingerprint density at radius 3 is 2.68 bits per heavy atom. The number of piperidine rings is 1. The van der Waals surface area contributed by atoms with Crippen LogP contribution in [0.15, 0.2) is 22.7 Å². The van der Waals surface area contributed by atoms with E-state index in [-0.39, 0.29) is 30.6 Å². The molecule has 3 rings (SSSR count). The van der Waals surface area contributed by atoms with E-state index in [2.05, 4.69) is 15.9 Å². The van der Waals surface area contributed by atoms with Crippen LogP contribution in [0.3, 0.4) is 0 Å². The van der Waals surface area contributed by atoms with Crippen LogP contribution < -0.4 is 0 Å². The highest BCUT2D eigenvalue weighted by Crippen LogP contribution is 2.63. The molecule has 1 saturated carbocycles. The Morgan fingerprint density at radius 2 is 2.07 bits per heavy atom. The molecule has 0 N–H and O–H groups in total. The second-order valence-electron chi connectivity index (χ2n) is 8.58. The fourth-order valence-electron chi connectivity index (χ4n) is 4.10. The Morgan fingerprint density at radius 1 is 1.39 bits per heavy atom. The molecule has 2 aliphatic rings. The van der Waals surface area contributed by atoms with Crippen LogP contribution >= 0.6 is 15.9 Å². The van der Waals surface area contributed by atoms with Gasteiger partial charge >= 0.3 is 6.09 Å². The Kier molecular flexibility index (Phi) is 5.59. The minimum Gasteiger partial charge on any atom is -0.444 e. The lowest BCUT2D eigenvalue weighted by Crippen LogP contribution is -2.48. The molecule has 154 valence electrons. The summed E-state index contributed by atoms with van der Waals surface area (Å²) in [7, 11) is 3.13. The molecule has 2 fully saturated rings. The summed E-state index contributed by atoms with van der Waals surface area (Å²) < 4.78 is 20.9. The molecule has 1 heterocycles. The van der Waals surface area contributed by atoms with Crippen LogP contribution in [0.5, 0.6) is 0 Å². The molecular formula is C20H26BrFN2O4. The average Bonchev–Trinajstić information content (AvgIpc) is 3.20. The van der Waals surface area contributed by atoms with E-state index in [9.17, 15) is 14.0 Å². The van der Waals surface area contributed by atoms with Crippen molar-refractivity contribution in [2.75, 3.05) is 27.2 Å². The number of nitrogens with zero attached hydrogens (tertiary/aromatic N) is 2. The summed E-state index contributed by atoms with van der Waals surface area (Å²) in [6.45, 7) is 5.63. The highest BCUT2D eigenvalue weighted by Gasteiger charge is 2.69. The van der Waals surface area contributed by atoms with E-state index in [1.807, 2.05) is 0 Å². The first kappa shape index (κ1) is 21.2. The molecule has 1 aromatic rings. The molecule has 1 amide bonds. The summed E-state index contributed by atoms with van der Waals surface area (Å²) in [6, 6.07) is 4.14. The quantitative estimate of drug-likeness (QED) is 0.634. The first-order valence-corrected chi connectivity index (χ1v) is 10.0. The van der Waals surface area contributed by atoms with E-state index in [0.717, 1.165) is 4.47 Å². The maximum absolute atomic E-state index is 14.6. The Labute approximate surface area is 173 Å². The van der Waals surface area contributed by atoms with Crippen molar-refractivity contribution in [3.8, 4) is 0 Å². The molecule has 6 nitrogen and oxygen atoms in total. The third kappa shape index (κ3) is 3.95. The minimum atomic E-state index is -0.686. The van der Waals surface area contributed by atoms with Gasteiger partial charge in [0.2, 0.25) is 0 Å². The van der Waals surface area contributed by atoms with Gasteiger partial charge in [0, 0.05) is 23.5 Å². The van der Waals surface area contributed by atoms with Crippen LogP contribution in [0, 0.1) is 11.7 Å². The molecule has 3 atom stereocenters. The summed E-state index contributed by atoms with van der Waals surface area (Å²) in [4.78, 5) is 32.3. The van der Waals surface area contributed by atoms with E-state index in [0.29, 0.717) is 12.0 Å². The number of amides is 1. The molecule has 8 heteroatoms. The lowest BCUT2D eigenvalue weighted by Gasteiger charge is -2.30. The van der Waals surface area contributed by atoms with Crippen molar-refractivity contribution in [2.24, 2.45) is 5.92 Å². The van der Waals surface area contributed by atoms with Crippen LogP contribution in [0.1, 0.15) is 32.8 Å². The van der Waals surface area contributed by atoms with Gasteiger partial charge in [0.25, 0.3) is 0 Å². The number of likely N-dealkylation sites (N-methyl/N-ethyl adjacent to an activating group) is 1. The zero-order valence-electron chi connectivity index (χ0n) is 16.8. The molecule has 1 aliphatic heterocycles. The predicted octanol–water partition coefficient (Wildman–Crippen LogP) is 3.53. The predicted molar refractivity (Wildman–Crippen MR) is 105 cm³/mol. The average molecular weight is 457 g/mol. The van der Waals surface area contributed by atoms with Gasteiger partial charge in [-0.3, -0.25) is 9.69 Å². The van der Waals surface area contributed by atoms with Gasteiger partial charge in [0.05, 0.1) is 19.7 Å². The Bertz CT molecular complexity index is 797. The van der Waals surface area contributed by atoms with E-state index >= 15 is 0 Å². The molecule has 0 radical (unpaired) electrons. The zero-order valence-corrected chi connectivity index (χ0v) is 18.4. The number of hydrogen-bond donors (Lipinski definition) is 0. The maximum atomic E-state index is 14.6. The number of ketones is 1. The van der Waals surface area contributed by atoms with Crippen molar-refractivity contribution in [2.45, 2.75) is 44.2 Å². The lowest BCUT2D eigenvalue weighted by atomic mass is 9.93. The number of fused-ring (bicyclic) bond motifs is 1. The molecule has 0 aromatic heterocycles. The number of Topliss-reactive ketones (excluding diaryl/α,β-unsaturated/α-hetero) is 1. The van der Waals surface area contributed by atoms with Crippen LogP contribution in [-0.4, -0.2) is 60.7 Å². The topological polar surface area (TPSA) is 59.1 Å². The smallest absolute Gasteiger partial charge is 0.410 e. The number of carbonyl (C=O) groups excluding carboxylic acids is 2. The van der Waals surface area contributed by atoms with Crippen LogP contribution in [0.4, 0.5) is 9.18 Å². The summed E-state index contributed by atoms with van der Waals surface area (Å²) in [5.74, 6) is -0.603. The van der Waals surface area contributed by atoms with Crippen molar-refractivity contribution in [1.29, 1.82) is 0 Å². The Balaban J connectivity index is 1.93. The molecule has 28 heavy (non-hydrogen) atoms. The number of rotatable bonds is 5. The van der Waals surface area contributed by atoms with Crippen molar-refractivity contribution in [3.63, 3.8) is 0 Å². The van der Waals surface area contributed by atoms with Crippen LogP contribution in [0.25, 0.3) is 0 Å². The number of hydrogen-bond acceptors (Lipinski definition) is 5. The van der Waals surface area contributed by atoms with Crippen molar-refractivity contribution < 1.29 is 23.6 Å². The number of likely N-dealkylation sites (tertiary alicyclic amines) is 1. The number of hydroxylamine groups is 2. The normalized spacial score (nSPS) is 26.4. The largest absolute Gasteiger partial charge is 0.444 e. The first-order chi connectivity index (χ1) is 13.0. The van der Waals surface area contributed by atoms with Crippen LogP contribution in [-0.2, 0) is 19.8 Å². The third-order valence-electron chi connectivity index (χ3n) is 5.42. The highest BCUT2D eigenvalue weighted by atomic mass is 79.9. The minimum absolute atomic E-state index is 0.0357. The summed E-state index contributed by atoms with van der Waals surface area (Å²) in [5, 5.41) is 1.41. The molecule has 1 aromatic carbocycles. The number of carbonyl (C=O) groups is 2. The van der Waals surface area contributed by atoms with Gasteiger partial charge in [-0.25, -0.2) is 9.18 Å². The number of halogens is 2. The molecule has 1 saturated heterocycles. The summed E-state index contributed by atoms with van der Waals surface area (Å²) in [6.07, 6.45) is 0.111. The van der Waals surface area contributed by atoms with E-state index in [1.54, 1.807) is 40.0 Å². The van der Waals surface area contributed by atoms with Crippen molar-refractivity contribution in [1.82, 2.24) is 9.96 Å². The van der Waals surface area contributed by atoms with Crippen molar-refractivity contribution >= 4 is 27.8 Å². The van der Waals surface area contributed by atoms with Gasteiger partial charge < -0.3 is 9.57 Å². The monoisotopic (exact) mass is 456 g/mol. The molecule has 1 aliphatic carbocycles. The van der Waals surface area contributed by atoms with Gasteiger partial charge in [-0.05, 0) is 56.9 Å². The third-order valence-corrected chi connectivity index (χ3v) is 5.91. The molecule has 0 unspecified atom stereocenters. The van der Waals surface area contributed by atoms with E-state index < -0.39 is 23.2 Å². The second kappa shape index (κ2) is 7.39. The number of benzene rings is 1. The summed E-state index contributed by atoms with van der Waals surface area (Å²) in [5.41, 5.74) is -0.707.